The molecular formula is C12H9IN2O4S2. The number of aromatic nitrogens is 1. The normalized spacial score (nSPS) is 10.6. The van der Waals surface area contributed by atoms with Crippen LogP contribution in [-0.2, 0) is 11.2 Å². The molecule has 21 heavy (non-hydrogen) atoms. The molecule has 0 unspecified atom stereocenters. The summed E-state index contributed by atoms with van der Waals surface area (Å²) in [4.78, 5) is 26.9. The number of thiazole rings is 1. The molecule has 0 amide bonds. The summed E-state index contributed by atoms with van der Waals surface area (Å²) in [6, 6.07) is 4.63. The van der Waals surface area contributed by atoms with Gasteiger partial charge in [0.2, 0.25) is 0 Å². The van der Waals surface area contributed by atoms with Gasteiger partial charge in [-0.05, 0) is 35.6 Å². The predicted octanol–water partition coefficient (Wildman–Crippen LogP) is 3.74. The van der Waals surface area contributed by atoms with E-state index in [0.29, 0.717) is 5.69 Å². The number of carboxylic acids is 1. The monoisotopic (exact) mass is 436 g/mol. The molecule has 9 heteroatoms. The molecule has 1 aromatic heterocycles. The fourth-order valence-electron chi connectivity index (χ4n) is 1.53. The first-order valence-electron chi connectivity index (χ1n) is 5.66. The molecule has 1 aromatic carbocycles. The fraction of sp³-hybridized carbons (Fsp3) is 0.167. The molecule has 2 aromatic rings. The third-order valence-electron chi connectivity index (χ3n) is 2.51. The van der Waals surface area contributed by atoms with Gasteiger partial charge in [0, 0.05) is 25.5 Å². The number of nitro benzene ring substituents is 1. The highest BCUT2D eigenvalue weighted by molar-refractivity contribution is 14.1. The van der Waals surface area contributed by atoms with Gasteiger partial charge >= 0.3 is 5.97 Å². The van der Waals surface area contributed by atoms with Crippen molar-refractivity contribution in [3.63, 3.8) is 0 Å². The van der Waals surface area contributed by atoms with E-state index in [9.17, 15) is 14.9 Å². The molecule has 1 heterocycles. The average molecular weight is 436 g/mol. The number of carbonyl (C=O) groups is 1. The molecule has 0 saturated heterocycles. The van der Waals surface area contributed by atoms with Gasteiger partial charge in [-0.25, -0.2) is 4.98 Å². The summed E-state index contributed by atoms with van der Waals surface area (Å²) in [5.74, 6) is -0.886. The Labute approximate surface area is 141 Å². The number of carboxylic acid groups (broad SMARTS) is 1. The van der Waals surface area contributed by atoms with Gasteiger partial charge in [0.05, 0.1) is 17.0 Å². The van der Waals surface area contributed by atoms with Crippen molar-refractivity contribution in [2.75, 3.05) is 0 Å². The van der Waals surface area contributed by atoms with E-state index in [1.807, 2.05) is 22.6 Å². The Bertz CT molecular complexity index is 717. The Balaban J connectivity index is 2.22. The van der Waals surface area contributed by atoms with Gasteiger partial charge < -0.3 is 5.11 Å². The molecule has 0 aliphatic rings. The van der Waals surface area contributed by atoms with Crippen molar-refractivity contribution in [3.8, 4) is 0 Å². The largest absolute Gasteiger partial charge is 0.481 e. The topological polar surface area (TPSA) is 93.3 Å². The van der Waals surface area contributed by atoms with Crippen LogP contribution in [0.2, 0.25) is 0 Å². The number of nitrogens with zero attached hydrogens (tertiary/aromatic N) is 2. The Morgan fingerprint density at radius 3 is 2.86 bits per heavy atom. The minimum atomic E-state index is -0.886. The van der Waals surface area contributed by atoms with E-state index in [2.05, 4.69) is 4.98 Å². The van der Waals surface area contributed by atoms with Crippen LogP contribution < -0.4 is 0 Å². The standard InChI is InChI=1S/C12H9IN2O4S2/c1-6-10(5-11(16)17)21-12(14-6)20-9-3-2-7(15(18)19)4-8(9)13/h2-4H,5H2,1H3,(H,16,17). The maximum absolute atomic E-state index is 10.8. The molecule has 0 aliphatic carbocycles. The second-order valence-electron chi connectivity index (χ2n) is 4.03. The van der Waals surface area contributed by atoms with Crippen molar-refractivity contribution >= 4 is 57.3 Å². The summed E-state index contributed by atoms with van der Waals surface area (Å²) in [7, 11) is 0. The summed E-state index contributed by atoms with van der Waals surface area (Å²) in [6.07, 6.45) is -0.0403. The lowest BCUT2D eigenvalue weighted by Gasteiger charge is -2.01. The molecular weight excluding hydrogens is 427 g/mol. The number of hydrogen-bond acceptors (Lipinski definition) is 6. The smallest absolute Gasteiger partial charge is 0.308 e. The number of aliphatic carboxylic acids is 1. The zero-order valence-corrected chi connectivity index (χ0v) is 14.5. The number of halogens is 1. The molecule has 0 aliphatic heterocycles. The predicted molar refractivity (Wildman–Crippen MR) is 88.1 cm³/mol. The van der Waals surface area contributed by atoms with Crippen LogP contribution in [-0.4, -0.2) is 21.0 Å². The van der Waals surface area contributed by atoms with Crippen LogP contribution in [0.15, 0.2) is 27.4 Å². The summed E-state index contributed by atoms with van der Waals surface area (Å²) < 4.78 is 1.50. The number of non-ortho nitro benzene ring substituents is 1. The van der Waals surface area contributed by atoms with Crippen molar-refractivity contribution < 1.29 is 14.8 Å². The van der Waals surface area contributed by atoms with E-state index >= 15 is 0 Å². The van der Waals surface area contributed by atoms with Crippen LogP contribution in [0.5, 0.6) is 0 Å². The maximum atomic E-state index is 10.8. The fourth-order valence-corrected chi connectivity index (χ4v) is 4.54. The summed E-state index contributed by atoms with van der Waals surface area (Å²) >= 11 is 4.76. The van der Waals surface area contributed by atoms with Crippen LogP contribution in [0, 0.1) is 20.6 Å². The molecule has 0 atom stereocenters. The number of hydrogen-bond donors (Lipinski definition) is 1. The second-order valence-corrected chi connectivity index (χ2v) is 7.57. The van der Waals surface area contributed by atoms with Gasteiger partial charge in [0.1, 0.15) is 0 Å². The second kappa shape index (κ2) is 6.71. The quantitative estimate of drug-likeness (QED) is 0.436. The van der Waals surface area contributed by atoms with Crippen molar-refractivity contribution in [2.24, 2.45) is 0 Å². The van der Waals surface area contributed by atoms with Gasteiger partial charge in [-0.3, -0.25) is 14.9 Å². The molecule has 0 spiro atoms. The molecule has 110 valence electrons. The highest BCUT2D eigenvalue weighted by Crippen LogP contribution is 2.36. The first-order chi connectivity index (χ1) is 9.86. The molecule has 0 bridgehead atoms. The third-order valence-corrected chi connectivity index (χ3v) is 6.06. The van der Waals surface area contributed by atoms with Crippen LogP contribution in [0.4, 0.5) is 5.69 Å². The Morgan fingerprint density at radius 1 is 1.57 bits per heavy atom. The lowest BCUT2D eigenvalue weighted by Crippen LogP contribution is -1.99. The third kappa shape index (κ3) is 4.14. The number of aryl methyl sites for hydroxylation is 1. The van der Waals surface area contributed by atoms with Gasteiger partial charge in [-0.2, -0.15) is 0 Å². The van der Waals surface area contributed by atoms with Crippen LogP contribution in [0.3, 0.4) is 0 Å². The van der Waals surface area contributed by atoms with E-state index in [1.54, 1.807) is 13.0 Å². The summed E-state index contributed by atoms with van der Waals surface area (Å²) in [6.45, 7) is 1.78. The van der Waals surface area contributed by atoms with Crippen molar-refractivity contribution in [2.45, 2.75) is 22.6 Å². The van der Waals surface area contributed by atoms with Crippen molar-refractivity contribution in [1.29, 1.82) is 0 Å². The first kappa shape index (κ1) is 16.2. The molecule has 0 fully saturated rings. The number of nitro groups is 1. The van der Waals surface area contributed by atoms with E-state index in [-0.39, 0.29) is 12.1 Å². The zero-order chi connectivity index (χ0) is 15.6. The average Bonchev–Trinajstić information content (AvgIpc) is 2.71. The Kier molecular flexibility index (Phi) is 5.17. The van der Waals surface area contributed by atoms with Gasteiger partial charge in [-0.15, -0.1) is 11.3 Å². The van der Waals surface area contributed by atoms with E-state index in [1.165, 1.54) is 35.2 Å². The summed E-state index contributed by atoms with van der Waals surface area (Å²) in [5.41, 5.74) is 0.757. The SMILES string of the molecule is Cc1nc(Sc2ccc([N+](=O)[O-])cc2I)sc1CC(=O)O. The van der Waals surface area contributed by atoms with Gasteiger partial charge in [0.25, 0.3) is 5.69 Å². The van der Waals surface area contributed by atoms with E-state index in [0.717, 1.165) is 17.7 Å². The lowest BCUT2D eigenvalue weighted by atomic mass is 10.3. The first-order valence-corrected chi connectivity index (χ1v) is 8.38. The molecule has 2 rings (SSSR count). The van der Waals surface area contributed by atoms with Crippen LogP contribution in [0.1, 0.15) is 10.6 Å². The highest BCUT2D eigenvalue weighted by atomic mass is 127. The summed E-state index contributed by atoms with van der Waals surface area (Å²) in [5, 5.41) is 19.5. The van der Waals surface area contributed by atoms with Gasteiger partial charge in [-0.1, -0.05) is 11.8 Å². The van der Waals surface area contributed by atoms with E-state index < -0.39 is 10.9 Å². The molecule has 1 N–H and O–H groups in total. The van der Waals surface area contributed by atoms with Crippen molar-refractivity contribution in [1.82, 2.24) is 4.98 Å². The number of rotatable bonds is 5. The molecule has 0 radical (unpaired) electrons. The highest BCUT2D eigenvalue weighted by Gasteiger charge is 2.14. The van der Waals surface area contributed by atoms with Crippen LogP contribution >= 0.6 is 45.7 Å². The van der Waals surface area contributed by atoms with E-state index in [4.69, 9.17) is 5.11 Å². The Morgan fingerprint density at radius 2 is 2.29 bits per heavy atom. The Hall–Kier alpha value is -1.20. The zero-order valence-electron chi connectivity index (χ0n) is 10.7. The maximum Gasteiger partial charge on any atom is 0.308 e. The minimum absolute atomic E-state index is 0.0403. The number of benzene rings is 1. The minimum Gasteiger partial charge on any atom is -0.481 e. The van der Waals surface area contributed by atoms with Crippen LogP contribution in [0.25, 0.3) is 0 Å². The van der Waals surface area contributed by atoms with Crippen molar-refractivity contribution in [3.05, 3.63) is 42.5 Å². The lowest BCUT2D eigenvalue weighted by molar-refractivity contribution is -0.385. The molecule has 6 nitrogen and oxygen atoms in total. The molecule has 0 saturated carbocycles. The van der Waals surface area contributed by atoms with Gasteiger partial charge in [0.15, 0.2) is 4.34 Å².